The zero-order valence-corrected chi connectivity index (χ0v) is 28.3. The number of esters is 2. The monoisotopic (exact) mass is 591 g/mol. The maximum absolute atomic E-state index is 11.3. The number of hydrogen-bond donors (Lipinski definition) is 0. The second-order valence-electron chi connectivity index (χ2n) is 12.7. The first-order chi connectivity index (χ1) is 20.4. The van der Waals surface area contributed by atoms with E-state index >= 15 is 0 Å². The Morgan fingerprint density at radius 3 is 0.619 bits per heavy atom. The van der Waals surface area contributed by atoms with Crippen LogP contribution in [-0.2, 0) is 19.1 Å². The third kappa shape index (κ3) is 31.4. The predicted octanol–water partition coefficient (Wildman–Crippen LogP) is 12.1. The Morgan fingerprint density at radius 1 is 0.333 bits per heavy atom. The van der Waals surface area contributed by atoms with E-state index in [2.05, 4.69) is 13.2 Å². The van der Waals surface area contributed by atoms with Crippen LogP contribution in [0.2, 0.25) is 0 Å². The number of hydrogen-bond acceptors (Lipinski definition) is 4. The van der Waals surface area contributed by atoms with Gasteiger partial charge >= 0.3 is 11.9 Å². The van der Waals surface area contributed by atoms with Crippen molar-refractivity contribution in [3.63, 3.8) is 0 Å². The molecule has 42 heavy (non-hydrogen) atoms. The second-order valence-corrected chi connectivity index (χ2v) is 12.7. The lowest BCUT2D eigenvalue weighted by Gasteiger charge is -2.05. The largest absolute Gasteiger partial charge is 0.462 e. The molecule has 4 heteroatoms. The van der Waals surface area contributed by atoms with Gasteiger partial charge in [0.1, 0.15) is 0 Å². The van der Waals surface area contributed by atoms with Crippen molar-refractivity contribution in [1.82, 2.24) is 0 Å². The minimum Gasteiger partial charge on any atom is -0.462 e. The van der Waals surface area contributed by atoms with Crippen LogP contribution < -0.4 is 0 Å². The first-order valence-electron chi connectivity index (χ1n) is 18.1. The minimum absolute atomic E-state index is 0.257. The highest BCUT2D eigenvalue weighted by atomic mass is 16.5. The van der Waals surface area contributed by atoms with Crippen molar-refractivity contribution in [3.8, 4) is 0 Å². The maximum atomic E-state index is 11.3. The molecule has 0 rings (SSSR count). The molecular formula is C38H70O4. The zero-order valence-electron chi connectivity index (χ0n) is 28.3. The van der Waals surface area contributed by atoms with Crippen LogP contribution in [0.3, 0.4) is 0 Å². The standard InChI is InChI=1S/C38H70O4/c1-35(2)37(39)41-33-31-29-27-25-23-21-19-17-15-13-11-9-7-5-6-8-10-12-14-16-18-20-22-24-26-28-30-32-34-42-38(40)36(3)4/h1,3,5-34H2,2,4H3. The third-order valence-electron chi connectivity index (χ3n) is 8.20. The average Bonchev–Trinajstić information content (AvgIpc) is 2.97. The Kier molecular flexibility index (Phi) is 31.1. The lowest BCUT2D eigenvalue weighted by atomic mass is 10.0. The summed E-state index contributed by atoms with van der Waals surface area (Å²) in [6.45, 7) is 11.7. The van der Waals surface area contributed by atoms with Gasteiger partial charge in [0.15, 0.2) is 0 Å². The van der Waals surface area contributed by atoms with Gasteiger partial charge in [-0.05, 0) is 26.7 Å². The van der Waals surface area contributed by atoms with Gasteiger partial charge in [-0.2, -0.15) is 0 Å². The van der Waals surface area contributed by atoms with Crippen molar-refractivity contribution in [2.75, 3.05) is 13.2 Å². The van der Waals surface area contributed by atoms with E-state index in [0.717, 1.165) is 25.7 Å². The van der Waals surface area contributed by atoms with E-state index in [9.17, 15) is 9.59 Å². The molecule has 0 aromatic carbocycles. The highest BCUT2D eigenvalue weighted by Crippen LogP contribution is 2.16. The van der Waals surface area contributed by atoms with Crippen LogP contribution in [0.15, 0.2) is 24.3 Å². The Labute approximate surface area is 261 Å². The molecule has 0 radical (unpaired) electrons. The van der Waals surface area contributed by atoms with Crippen molar-refractivity contribution in [3.05, 3.63) is 24.3 Å². The first kappa shape index (κ1) is 40.4. The van der Waals surface area contributed by atoms with E-state index in [1.54, 1.807) is 13.8 Å². The highest BCUT2D eigenvalue weighted by molar-refractivity contribution is 5.87. The molecule has 246 valence electrons. The summed E-state index contributed by atoms with van der Waals surface area (Å²) in [6.07, 6.45) is 37.7. The third-order valence-corrected chi connectivity index (χ3v) is 8.20. The molecule has 0 bridgehead atoms. The quantitative estimate of drug-likeness (QED) is 0.0433. The minimum atomic E-state index is -0.257. The topological polar surface area (TPSA) is 52.6 Å². The van der Waals surface area contributed by atoms with Crippen LogP contribution in [0, 0.1) is 0 Å². The maximum Gasteiger partial charge on any atom is 0.333 e. The predicted molar refractivity (Wildman–Crippen MR) is 181 cm³/mol. The molecule has 0 fully saturated rings. The number of carbonyl (C=O) groups is 2. The van der Waals surface area contributed by atoms with Crippen LogP contribution in [0.25, 0.3) is 0 Å². The van der Waals surface area contributed by atoms with Gasteiger partial charge in [-0.25, -0.2) is 9.59 Å². The number of rotatable bonds is 33. The van der Waals surface area contributed by atoms with Crippen molar-refractivity contribution in [1.29, 1.82) is 0 Å². The van der Waals surface area contributed by atoms with Gasteiger partial charge in [0.05, 0.1) is 13.2 Å². The zero-order chi connectivity index (χ0) is 30.9. The Balaban J connectivity index is 3.10. The van der Waals surface area contributed by atoms with Crippen LogP contribution in [0.4, 0.5) is 0 Å². The smallest absolute Gasteiger partial charge is 0.333 e. The van der Waals surface area contributed by atoms with E-state index in [0.29, 0.717) is 24.4 Å². The summed E-state index contributed by atoms with van der Waals surface area (Å²) in [4.78, 5) is 22.6. The second kappa shape index (κ2) is 32.3. The number of carbonyl (C=O) groups excluding carboxylic acids is 2. The molecule has 0 spiro atoms. The van der Waals surface area contributed by atoms with Gasteiger partial charge in [-0.15, -0.1) is 0 Å². The number of ether oxygens (including phenoxy) is 2. The summed E-state index contributed by atoms with van der Waals surface area (Å²) in [5.41, 5.74) is 0.978. The normalized spacial score (nSPS) is 11.0. The molecule has 0 amide bonds. The Morgan fingerprint density at radius 2 is 0.476 bits per heavy atom. The van der Waals surface area contributed by atoms with Gasteiger partial charge in [-0.1, -0.05) is 180 Å². The van der Waals surface area contributed by atoms with Crippen molar-refractivity contribution >= 4 is 11.9 Å². The fraction of sp³-hybridized carbons (Fsp3) is 0.842. The summed E-state index contributed by atoms with van der Waals surface area (Å²) in [7, 11) is 0. The van der Waals surface area contributed by atoms with Crippen molar-refractivity contribution < 1.29 is 19.1 Å². The average molecular weight is 591 g/mol. The number of unbranched alkanes of at least 4 members (excludes halogenated alkanes) is 27. The first-order valence-corrected chi connectivity index (χ1v) is 18.1. The fourth-order valence-corrected chi connectivity index (χ4v) is 5.38. The molecule has 4 nitrogen and oxygen atoms in total. The van der Waals surface area contributed by atoms with Crippen molar-refractivity contribution in [2.45, 2.75) is 194 Å². The summed E-state index contributed by atoms with van der Waals surface area (Å²) in [5, 5.41) is 0. The van der Waals surface area contributed by atoms with E-state index in [1.165, 1.54) is 154 Å². The summed E-state index contributed by atoms with van der Waals surface area (Å²) in [5.74, 6) is -0.514. The molecule has 0 heterocycles. The van der Waals surface area contributed by atoms with E-state index in [4.69, 9.17) is 9.47 Å². The molecule has 0 atom stereocenters. The lowest BCUT2D eigenvalue weighted by molar-refractivity contribution is -0.139. The fourth-order valence-electron chi connectivity index (χ4n) is 5.38. The van der Waals surface area contributed by atoms with Crippen molar-refractivity contribution in [2.24, 2.45) is 0 Å². The molecule has 0 aliphatic carbocycles. The van der Waals surface area contributed by atoms with E-state index < -0.39 is 0 Å². The molecule has 0 aromatic rings. The van der Waals surface area contributed by atoms with Crippen LogP contribution in [0.5, 0.6) is 0 Å². The Hall–Kier alpha value is -1.58. The summed E-state index contributed by atoms with van der Waals surface area (Å²) >= 11 is 0. The van der Waals surface area contributed by atoms with Crippen LogP contribution >= 0.6 is 0 Å². The molecule has 0 N–H and O–H groups in total. The van der Waals surface area contributed by atoms with Gasteiger partial charge < -0.3 is 9.47 Å². The van der Waals surface area contributed by atoms with Gasteiger partial charge in [0.25, 0.3) is 0 Å². The molecule has 0 aliphatic heterocycles. The molecular weight excluding hydrogens is 520 g/mol. The van der Waals surface area contributed by atoms with Gasteiger partial charge in [0, 0.05) is 11.1 Å². The molecule has 0 saturated carbocycles. The van der Waals surface area contributed by atoms with Crippen LogP contribution in [-0.4, -0.2) is 25.2 Å². The van der Waals surface area contributed by atoms with Gasteiger partial charge in [0.2, 0.25) is 0 Å². The summed E-state index contributed by atoms with van der Waals surface area (Å²) < 4.78 is 10.3. The highest BCUT2D eigenvalue weighted by Gasteiger charge is 2.03. The van der Waals surface area contributed by atoms with E-state index in [-0.39, 0.29) is 11.9 Å². The molecule has 0 aromatic heterocycles. The van der Waals surface area contributed by atoms with Gasteiger partial charge in [-0.3, -0.25) is 0 Å². The SMILES string of the molecule is C=C(C)C(=O)OCCCCCCCCCCCCCCCCCCCCCCCCCCCCCCOC(=O)C(=C)C. The molecule has 0 unspecified atom stereocenters. The van der Waals surface area contributed by atoms with E-state index in [1.807, 2.05) is 0 Å². The summed E-state index contributed by atoms with van der Waals surface area (Å²) in [6, 6.07) is 0. The van der Waals surface area contributed by atoms with Crippen LogP contribution in [0.1, 0.15) is 194 Å². The Bertz CT molecular complexity index is 597. The molecule has 0 saturated heterocycles. The lowest BCUT2D eigenvalue weighted by Crippen LogP contribution is -2.05. The molecule has 0 aliphatic rings.